The van der Waals surface area contributed by atoms with Crippen molar-refractivity contribution in [3.05, 3.63) is 35.9 Å². The lowest BCUT2D eigenvalue weighted by molar-refractivity contribution is -0.0465. The highest BCUT2D eigenvalue weighted by molar-refractivity contribution is 5.16. The van der Waals surface area contributed by atoms with Gasteiger partial charge in [-0.05, 0) is 53.1 Å². The van der Waals surface area contributed by atoms with Gasteiger partial charge in [0.05, 0.1) is 0 Å². The first-order chi connectivity index (χ1) is 8.85. The molecule has 2 heteroatoms. The van der Waals surface area contributed by atoms with Crippen LogP contribution in [0.25, 0.3) is 0 Å². The summed E-state index contributed by atoms with van der Waals surface area (Å²) in [6.45, 7) is 10.5. The molecule has 1 aromatic rings. The number of likely N-dealkylation sites (tertiary alicyclic amines) is 1. The van der Waals surface area contributed by atoms with E-state index < -0.39 is 0 Å². The molecule has 1 fully saturated rings. The Morgan fingerprint density at radius 1 is 1.05 bits per heavy atom. The summed E-state index contributed by atoms with van der Waals surface area (Å²) >= 11 is 0. The highest BCUT2D eigenvalue weighted by Gasteiger charge is 2.44. The Kier molecular flexibility index (Phi) is 4.03. The Balaban J connectivity index is 2.22. The van der Waals surface area contributed by atoms with Gasteiger partial charge in [-0.3, -0.25) is 4.90 Å². The van der Waals surface area contributed by atoms with Crippen molar-refractivity contribution in [1.82, 2.24) is 10.2 Å². The number of nitrogens with zero attached hydrogens (tertiary/aromatic N) is 1. The molecule has 1 aromatic carbocycles. The molecule has 0 bridgehead atoms. The number of hydrogen-bond donors (Lipinski definition) is 1. The van der Waals surface area contributed by atoms with Crippen LogP contribution in [0.3, 0.4) is 0 Å². The molecular formula is C17H28N2. The molecule has 0 saturated carbocycles. The summed E-state index contributed by atoms with van der Waals surface area (Å²) in [7, 11) is 2.09. The summed E-state index contributed by atoms with van der Waals surface area (Å²) in [4.78, 5) is 2.67. The molecule has 19 heavy (non-hydrogen) atoms. The van der Waals surface area contributed by atoms with Crippen molar-refractivity contribution in [3.63, 3.8) is 0 Å². The van der Waals surface area contributed by atoms with Gasteiger partial charge in [-0.2, -0.15) is 0 Å². The Hall–Kier alpha value is -0.860. The van der Waals surface area contributed by atoms with Crippen LogP contribution in [0.5, 0.6) is 0 Å². The third kappa shape index (κ3) is 3.18. The predicted molar refractivity (Wildman–Crippen MR) is 82.2 cm³/mol. The average molecular weight is 260 g/mol. The van der Waals surface area contributed by atoms with Gasteiger partial charge in [-0.15, -0.1) is 0 Å². The summed E-state index contributed by atoms with van der Waals surface area (Å²) in [5.41, 5.74) is 1.86. The Bertz CT molecular complexity index is 391. The SMILES string of the molecule is CNC1CC(C)(C)N(Cc2ccccc2)C(C)(C)C1. The maximum absolute atomic E-state index is 3.47. The number of hydrogen-bond acceptors (Lipinski definition) is 2. The fourth-order valence-electron chi connectivity index (χ4n) is 3.72. The van der Waals surface area contributed by atoms with Crippen LogP contribution in [-0.2, 0) is 6.54 Å². The zero-order chi connectivity index (χ0) is 14.1. The van der Waals surface area contributed by atoms with E-state index in [1.807, 2.05) is 0 Å². The van der Waals surface area contributed by atoms with Gasteiger partial charge < -0.3 is 5.32 Å². The average Bonchev–Trinajstić information content (AvgIpc) is 2.34. The van der Waals surface area contributed by atoms with E-state index in [1.54, 1.807) is 0 Å². The lowest BCUT2D eigenvalue weighted by Gasteiger charge is -2.55. The van der Waals surface area contributed by atoms with Gasteiger partial charge in [-0.25, -0.2) is 0 Å². The molecule has 0 radical (unpaired) electrons. The minimum absolute atomic E-state index is 0.227. The molecule has 0 aromatic heterocycles. The van der Waals surface area contributed by atoms with Crippen molar-refractivity contribution in [2.45, 2.75) is 64.2 Å². The molecule has 0 atom stereocenters. The third-order valence-corrected chi connectivity index (χ3v) is 4.55. The molecule has 0 aliphatic carbocycles. The standard InChI is InChI=1S/C17H28N2/c1-16(2)11-15(18-5)12-17(3,4)19(16)13-14-9-7-6-8-10-14/h6-10,15,18H,11-13H2,1-5H3. The van der Waals surface area contributed by atoms with Crippen molar-refractivity contribution in [2.24, 2.45) is 0 Å². The summed E-state index contributed by atoms with van der Waals surface area (Å²) < 4.78 is 0. The lowest BCUT2D eigenvalue weighted by atomic mass is 9.76. The molecule has 1 saturated heterocycles. The van der Waals surface area contributed by atoms with E-state index in [0.29, 0.717) is 6.04 Å². The normalized spacial score (nSPS) is 23.4. The first-order valence-corrected chi connectivity index (χ1v) is 7.34. The molecule has 1 heterocycles. The molecule has 1 N–H and O–H groups in total. The topological polar surface area (TPSA) is 15.3 Å². The zero-order valence-electron chi connectivity index (χ0n) is 13.0. The van der Waals surface area contributed by atoms with Crippen molar-refractivity contribution >= 4 is 0 Å². The molecule has 106 valence electrons. The van der Waals surface area contributed by atoms with Gasteiger partial charge >= 0.3 is 0 Å². The first kappa shape index (κ1) is 14.5. The number of nitrogens with one attached hydrogen (secondary N) is 1. The second-order valence-electron chi connectivity index (χ2n) is 7.09. The van der Waals surface area contributed by atoms with Gasteiger partial charge in [-0.1, -0.05) is 30.3 Å². The van der Waals surface area contributed by atoms with Crippen molar-refractivity contribution in [2.75, 3.05) is 7.05 Å². The van der Waals surface area contributed by atoms with Crippen LogP contribution >= 0.6 is 0 Å². The number of benzene rings is 1. The maximum Gasteiger partial charge on any atom is 0.0244 e. The van der Waals surface area contributed by atoms with Crippen molar-refractivity contribution in [3.8, 4) is 0 Å². The Labute approximate surface area is 118 Å². The van der Waals surface area contributed by atoms with Gasteiger partial charge in [0, 0.05) is 23.7 Å². The van der Waals surface area contributed by atoms with Crippen LogP contribution in [0.15, 0.2) is 30.3 Å². The number of piperidine rings is 1. The predicted octanol–water partition coefficient (Wildman–Crippen LogP) is 3.43. The summed E-state index contributed by atoms with van der Waals surface area (Å²) in [6, 6.07) is 11.4. The van der Waals surface area contributed by atoms with Crippen molar-refractivity contribution < 1.29 is 0 Å². The molecule has 1 aliphatic heterocycles. The zero-order valence-corrected chi connectivity index (χ0v) is 13.0. The maximum atomic E-state index is 3.47. The third-order valence-electron chi connectivity index (χ3n) is 4.55. The van der Waals surface area contributed by atoms with E-state index in [-0.39, 0.29) is 11.1 Å². The highest BCUT2D eigenvalue weighted by atomic mass is 15.3. The smallest absolute Gasteiger partial charge is 0.0244 e. The fourth-order valence-corrected chi connectivity index (χ4v) is 3.72. The van der Waals surface area contributed by atoms with E-state index in [2.05, 4.69) is 75.3 Å². The summed E-state index contributed by atoms with van der Waals surface area (Å²) in [5, 5.41) is 3.47. The highest BCUT2D eigenvalue weighted by Crippen LogP contribution is 2.39. The van der Waals surface area contributed by atoms with Crippen LogP contribution in [0.1, 0.15) is 46.1 Å². The van der Waals surface area contributed by atoms with Crippen molar-refractivity contribution in [1.29, 1.82) is 0 Å². The van der Waals surface area contributed by atoms with E-state index in [0.717, 1.165) is 6.54 Å². The molecule has 2 rings (SSSR count). The lowest BCUT2D eigenvalue weighted by Crippen LogP contribution is -2.63. The summed E-state index contributed by atoms with van der Waals surface area (Å²) in [5.74, 6) is 0. The Morgan fingerprint density at radius 3 is 2.05 bits per heavy atom. The number of rotatable bonds is 3. The molecule has 0 amide bonds. The van der Waals surface area contributed by atoms with Gasteiger partial charge in [0.25, 0.3) is 0 Å². The van der Waals surface area contributed by atoms with Crippen LogP contribution in [0.2, 0.25) is 0 Å². The van der Waals surface area contributed by atoms with Gasteiger partial charge in [0.15, 0.2) is 0 Å². The van der Waals surface area contributed by atoms with Gasteiger partial charge in [0.2, 0.25) is 0 Å². The molecule has 2 nitrogen and oxygen atoms in total. The largest absolute Gasteiger partial charge is 0.317 e. The minimum atomic E-state index is 0.227. The van der Waals surface area contributed by atoms with E-state index in [9.17, 15) is 0 Å². The minimum Gasteiger partial charge on any atom is -0.317 e. The van der Waals surface area contributed by atoms with Crippen LogP contribution in [0, 0.1) is 0 Å². The van der Waals surface area contributed by atoms with E-state index >= 15 is 0 Å². The quantitative estimate of drug-likeness (QED) is 0.896. The molecule has 0 spiro atoms. The van der Waals surface area contributed by atoms with Gasteiger partial charge in [0.1, 0.15) is 0 Å². The molecular weight excluding hydrogens is 232 g/mol. The second-order valence-corrected chi connectivity index (χ2v) is 7.09. The summed E-state index contributed by atoms with van der Waals surface area (Å²) in [6.07, 6.45) is 2.42. The molecule has 0 unspecified atom stereocenters. The van der Waals surface area contributed by atoms with Crippen LogP contribution in [-0.4, -0.2) is 29.1 Å². The van der Waals surface area contributed by atoms with Crippen LogP contribution in [0.4, 0.5) is 0 Å². The van der Waals surface area contributed by atoms with E-state index in [4.69, 9.17) is 0 Å². The van der Waals surface area contributed by atoms with E-state index in [1.165, 1.54) is 18.4 Å². The van der Waals surface area contributed by atoms with Crippen LogP contribution < -0.4 is 5.32 Å². The second kappa shape index (κ2) is 5.26. The Morgan fingerprint density at radius 2 is 1.58 bits per heavy atom. The first-order valence-electron chi connectivity index (χ1n) is 7.34. The fraction of sp³-hybridized carbons (Fsp3) is 0.647. The molecule has 1 aliphatic rings. The monoisotopic (exact) mass is 260 g/mol.